The summed E-state index contributed by atoms with van der Waals surface area (Å²) < 4.78 is 37.7. The third-order valence-corrected chi connectivity index (χ3v) is 3.59. The summed E-state index contributed by atoms with van der Waals surface area (Å²) in [6.07, 6.45) is 1.02. The summed E-state index contributed by atoms with van der Waals surface area (Å²) >= 11 is 0.865. The Labute approximate surface area is 115 Å². The summed E-state index contributed by atoms with van der Waals surface area (Å²) in [6, 6.07) is 5.47. The Balaban J connectivity index is 2.54. The Kier molecular flexibility index (Phi) is 6.72. The maximum absolute atomic E-state index is 10.4. The number of benzene rings is 1. The van der Waals surface area contributed by atoms with Gasteiger partial charge < -0.3 is 0 Å². The van der Waals surface area contributed by atoms with E-state index in [2.05, 4.69) is 13.6 Å². The van der Waals surface area contributed by atoms with Gasteiger partial charge in [0.2, 0.25) is 0 Å². The molecule has 0 aromatic heterocycles. The van der Waals surface area contributed by atoms with E-state index >= 15 is 0 Å². The van der Waals surface area contributed by atoms with Crippen LogP contribution < -0.4 is 0 Å². The molecule has 0 atom stereocenters. The number of rotatable bonds is 8. The lowest BCUT2D eigenvalue weighted by Crippen LogP contribution is -2.06. The largest absolute Gasteiger partial charge is 0.397 e. The van der Waals surface area contributed by atoms with Gasteiger partial charge in [-0.3, -0.25) is 4.55 Å². The van der Waals surface area contributed by atoms with E-state index < -0.39 is 10.4 Å². The van der Waals surface area contributed by atoms with E-state index in [9.17, 15) is 8.42 Å². The Bertz CT molecular complexity index is 501. The van der Waals surface area contributed by atoms with E-state index in [1.54, 1.807) is 12.1 Å². The van der Waals surface area contributed by atoms with E-state index in [-0.39, 0.29) is 6.61 Å². The van der Waals surface area contributed by atoms with Gasteiger partial charge in [0.05, 0.1) is 18.6 Å². The molecule has 2 N–H and O–H groups in total. The summed E-state index contributed by atoms with van der Waals surface area (Å²) in [5.41, 5.74) is 1.90. The van der Waals surface area contributed by atoms with Crippen LogP contribution in [0.5, 0.6) is 0 Å². The Morgan fingerprint density at radius 1 is 1.37 bits per heavy atom. The zero-order valence-electron chi connectivity index (χ0n) is 10.1. The molecule has 9 heteroatoms. The van der Waals surface area contributed by atoms with Crippen molar-refractivity contribution in [1.29, 1.82) is 0 Å². The van der Waals surface area contributed by atoms with E-state index in [4.69, 9.17) is 9.81 Å². The van der Waals surface area contributed by atoms with Gasteiger partial charge in [-0.2, -0.15) is 8.42 Å². The molecule has 0 aliphatic heterocycles. The van der Waals surface area contributed by atoms with Crippen LogP contribution in [-0.4, -0.2) is 24.8 Å². The average molecular weight is 310 g/mol. The summed E-state index contributed by atoms with van der Waals surface area (Å²) in [7, 11) is -4.38. The van der Waals surface area contributed by atoms with Crippen molar-refractivity contribution in [3.63, 3.8) is 0 Å². The highest BCUT2D eigenvalue weighted by Crippen LogP contribution is 2.26. The zero-order valence-corrected chi connectivity index (χ0v) is 11.7. The van der Waals surface area contributed by atoms with Crippen LogP contribution in [0.15, 0.2) is 23.1 Å². The first-order valence-electron chi connectivity index (χ1n) is 5.29. The van der Waals surface area contributed by atoms with E-state index in [0.29, 0.717) is 12.8 Å². The summed E-state index contributed by atoms with van der Waals surface area (Å²) in [6.45, 7) is 1.77. The fourth-order valence-corrected chi connectivity index (χ4v) is 2.32. The number of hydrogen-bond donors (Lipinski definition) is 2. The summed E-state index contributed by atoms with van der Waals surface area (Å²) in [4.78, 5) is 0.766. The fraction of sp³-hybridized carbons (Fsp3) is 0.400. The van der Waals surface area contributed by atoms with E-state index in [1.807, 2.05) is 13.0 Å². The predicted molar refractivity (Wildman–Crippen MR) is 67.7 cm³/mol. The van der Waals surface area contributed by atoms with Gasteiger partial charge in [-0.1, -0.05) is 17.2 Å². The molecule has 7 nitrogen and oxygen atoms in total. The van der Waals surface area contributed by atoms with Crippen LogP contribution in [-0.2, 0) is 30.4 Å². The molecule has 0 radical (unpaired) electrons. The highest BCUT2D eigenvalue weighted by molar-refractivity contribution is 7.94. The van der Waals surface area contributed by atoms with Crippen molar-refractivity contribution in [2.45, 2.75) is 24.7 Å². The minimum absolute atomic E-state index is 0.0914. The van der Waals surface area contributed by atoms with Crippen molar-refractivity contribution in [3.05, 3.63) is 29.3 Å². The molecule has 0 unspecified atom stereocenters. The average Bonchev–Trinajstić information content (AvgIpc) is 2.33. The highest BCUT2D eigenvalue weighted by atomic mass is 32.3. The summed E-state index contributed by atoms with van der Waals surface area (Å²) in [5, 5.41) is 11.6. The molecule has 0 aliphatic carbocycles. The monoisotopic (exact) mass is 310 g/mol. The van der Waals surface area contributed by atoms with Gasteiger partial charge in [0.25, 0.3) is 0 Å². The van der Waals surface area contributed by atoms with Crippen molar-refractivity contribution in [1.82, 2.24) is 0 Å². The van der Waals surface area contributed by atoms with Crippen LogP contribution in [0.3, 0.4) is 0 Å². The van der Waals surface area contributed by atoms with Crippen molar-refractivity contribution in [2.24, 2.45) is 0 Å². The second-order valence-electron chi connectivity index (χ2n) is 3.62. The standard InChI is InChI=1S/C10H14O7S2/c1-8-9(5-3-7-15-19(12,13)14)4-2-6-10(8)18-17-16-11/h2,4,6,11H,3,5,7H2,1H3,(H,12,13,14). The van der Waals surface area contributed by atoms with Crippen molar-refractivity contribution in [3.8, 4) is 0 Å². The first-order valence-corrected chi connectivity index (χ1v) is 7.40. The molecule has 0 amide bonds. The molecule has 0 saturated heterocycles. The van der Waals surface area contributed by atoms with Crippen molar-refractivity contribution >= 4 is 22.4 Å². The second kappa shape index (κ2) is 7.80. The van der Waals surface area contributed by atoms with Crippen LogP contribution in [0.1, 0.15) is 17.5 Å². The zero-order chi connectivity index (χ0) is 14.3. The molecule has 0 saturated carbocycles. The van der Waals surface area contributed by atoms with Gasteiger partial charge in [-0.05, 0) is 37.0 Å². The number of aryl methyl sites for hydroxylation is 1. The predicted octanol–water partition coefficient (Wildman–Crippen LogP) is 2.18. The Morgan fingerprint density at radius 3 is 2.74 bits per heavy atom. The summed E-state index contributed by atoms with van der Waals surface area (Å²) in [5.74, 6) is 0. The van der Waals surface area contributed by atoms with Crippen molar-refractivity contribution < 1.29 is 31.8 Å². The van der Waals surface area contributed by atoms with Gasteiger partial charge in [0.15, 0.2) is 0 Å². The van der Waals surface area contributed by atoms with Gasteiger partial charge in [0, 0.05) is 4.90 Å². The lowest BCUT2D eigenvalue weighted by atomic mass is 10.0. The molecule has 0 fully saturated rings. The molecule has 1 aromatic rings. The molecule has 0 aliphatic rings. The maximum Gasteiger partial charge on any atom is 0.397 e. The first-order chi connectivity index (χ1) is 8.94. The lowest BCUT2D eigenvalue weighted by molar-refractivity contribution is -0.432. The quantitative estimate of drug-likeness (QED) is 0.248. The third-order valence-electron chi connectivity index (χ3n) is 2.37. The molecule has 1 rings (SSSR count). The highest BCUT2D eigenvalue weighted by Gasteiger charge is 2.07. The smallest absolute Gasteiger partial charge is 0.264 e. The van der Waals surface area contributed by atoms with Gasteiger partial charge >= 0.3 is 10.4 Å². The molecule has 19 heavy (non-hydrogen) atoms. The van der Waals surface area contributed by atoms with E-state index in [1.165, 1.54) is 0 Å². The molecular formula is C10H14O7S2. The maximum atomic E-state index is 10.4. The lowest BCUT2D eigenvalue weighted by Gasteiger charge is -2.09. The van der Waals surface area contributed by atoms with E-state index in [0.717, 1.165) is 28.1 Å². The normalized spacial score (nSPS) is 11.7. The van der Waals surface area contributed by atoms with Crippen LogP contribution in [0.2, 0.25) is 0 Å². The topological polar surface area (TPSA) is 102 Å². The van der Waals surface area contributed by atoms with Crippen LogP contribution in [0.4, 0.5) is 0 Å². The van der Waals surface area contributed by atoms with Crippen molar-refractivity contribution in [2.75, 3.05) is 6.61 Å². The first kappa shape index (κ1) is 16.4. The molecule has 0 spiro atoms. The SMILES string of the molecule is Cc1c(CCCOS(=O)(=O)O)cccc1SOOO. The molecule has 1 aromatic carbocycles. The number of hydrogen-bond acceptors (Lipinski definition) is 7. The molecular weight excluding hydrogens is 296 g/mol. The molecule has 0 heterocycles. The van der Waals surface area contributed by atoms with Gasteiger partial charge in [-0.25, -0.2) is 9.44 Å². The van der Waals surface area contributed by atoms with Gasteiger partial charge in [0.1, 0.15) is 0 Å². The Morgan fingerprint density at radius 2 is 2.11 bits per heavy atom. The minimum atomic E-state index is -4.38. The van der Waals surface area contributed by atoms with Crippen LogP contribution >= 0.6 is 12.0 Å². The second-order valence-corrected chi connectivity index (χ2v) is 5.45. The third kappa shape index (κ3) is 6.34. The van der Waals surface area contributed by atoms with Crippen LogP contribution in [0, 0.1) is 6.92 Å². The Hall–Kier alpha value is -0.680. The minimum Gasteiger partial charge on any atom is -0.264 e. The molecule has 0 bridgehead atoms. The van der Waals surface area contributed by atoms with Gasteiger partial charge in [-0.15, -0.1) is 4.33 Å². The fourth-order valence-electron chi connectivity index (χ4n) is 1.50. The van der Waals surface area contributed by atoms with Crippen LogP contribution in [0.25, 0.3) is 0 Å². The molecule has 108 valence electrons.